The van der Waals surface area contributed by atoms with Crippen LogP contribution in [0.15, 0.2) is 30.3 Å². The van der Waals surface area contributed by atoms with Crippen molar-refractivity contribution in [2.24, 2.45) is 5.73 Å². The molecule has 2 nitrogen and oxygen atoms in total. The van der Waals surface area contributed by atoms with Crippen molar-refractivity contribution in [2.45, 2.75) is 43.6 Å². The van der Waals surface area contributed by atoms with Gasteiger partial charge in [-0.25, -0.2) is 0 Å². The average Bonchev–Trinajstić information content (AvgIpc) is 2.32. The summed E-state index contributed by atoms with van der Waals surface area (Å²) in [4.78, 5) is 0. The zero-order valence-electron chi connectivity index (χ0n) is 9.73. The molecule has 0 saturated heterocycles. The third kappa shape index (κ3) is 2.28. The van der Waals surface area contributed by atoms with Crippen molar-refractivity contribution in [3.63, 3.8) is 0 Å². The van der Waals surface area contributed by atoms with Crippen LogP contribution in [0.25, 0.3) is 0 Å². The first-order valence-corrected chi connectivity index (χ1v) is 6.24. The lowest BCUT2D eigenvalue weighted by Gasteiger charge is -2.39. The van der Waals surface area contributed by atoms with Gasteiger partial charge in [0.1, 0.15) is 0 Å². The number of aliphatic hydroxyl groups is 1. The molecule has 88 valence electrons. The van der Waals surface area contributed by atoms with Crippen LogP contribution >= 0.6 is 0 Å². The van der Waals surface area contributed by atoms with Gasteiger partial charge in [0, 0.05) is 12.5 Å². The highest BCUT2D eigenvalue weighted by Crippen LogP contribution is 2.39. The predicted molar refractivity (Wildman–Crippen MR) is 66.3 cm³/mol. The monoisotopic (exact) mass is 219 g/mol. The SMILES string of the molecule is NCC(c1ccccc1)C1(O)CCCCC1. The Morgan fingerprint density at radius 2 is 1.75 bits per heavy atom. The molecule has 1 aliphatic carbocycles. The van der Waals surface area contributed by atoms with Gasteiger partial charge < -0.3 is 10.8 Å². The van der Waals surface area contributed by atoms with Crippen molar-refractivity contribution >= 4 is 0 Å². The highest BCUT2D eigenvalue weighted by atomic mass is 16.3. The molecule has 1 atom stereocenters. The number of hydrogen-bond donors (Lipinski definition) is 2. The van der Waals surface area contributed by atoms with Gasteiger partial charge in [0.15, 0.2) is 0 Å². The third-order valence-corrected chi connectivity index (χ3v) is 3.81. The Labute approximate surface area is 97.5 Å². The maximum atomic E-state index is 10.7. The Balaban J connectivity index is 2.21. The fourth-order valence-corrected chi connectivity index (χ4v) is 2.86. The zero-order valence-corrected chi connectivity index (χ0v) is 9.73. The van der Waals surface area contributed by atoms with Crippen molar-refractivity contribution in [2.75, 3.05) is 6.54 Å². The van der Waals surface area contributed by atoms with Gasteiger partial charge in [-0.3, -0.25) is 0 Å². The molecule has 0 amide bonds. The first kappa shape index (κ1) is 11.6. The van der Waals surface area contributed by atoms with Gasteiger partial charge in [-0.2, -0.15) is 0 Å². The normalized spacial score (nSPS) is 21.6. The molecule has 16 heavy (non-hydrogen) atoms. The van der Waals surface area contributed by atoms with Crippen LogP contribution < -0.4 is 5.73 Å². The summed E-state index contributed by atoms with van der Waals surface area (Å²) in [7, 11) is 0. The van der Waals surface area contributed by atoms with Crippen LogP contribution in [0, 0.1) is 0 Å². The molecule has 1 fully saturated rings. The van der Waals surface area contributed by atoms with Crippen molar-refractivity contribution in [3.8, 4) is 0 Å². The molecule has 0 heterocycles. The van der Waals surface area contributed by atoms with E-state index in [2.05, 4.69) is 12.1 Å². The molecule has 1 aromatic rings. The second kappa shape index (κ2) is 4.98. The first-order chi connectivity index (χ1) is 7.76. The molecular formula is C14H21NO. The molecule has 1 unspecified atom stereocenters. The second-order valence-corrected chi connectivity index (χ2v) is 4.86. The zero-order chi connectivity index (χ0) is 11.4. The fraction of sp³-hybridized carbons (Fsp3) is 0.571. The standard InChI is InChI=1S/C14H21NO/c15-11-13(12-7-3-1-4-8-12)14(16)9-5-2-6-10-14/h1,3-4,7-8,13,16H,2,5-6,9-11,15H2. The third-order valence-electron chi connectivity index (χ3n) is 3.81. The van der Waals surface area contributed by atoms with E-state index in [1.165, 1.54) is 12.0 Å². The highest BCUT2D eigenvalue weighted by Gasteiger charge is 2.37. The summed E-state index contributed by atoms with van der Waals surface area (Å²) in [5.74, 6) is 0.0917. The minimum absolute atomic E-state index is 0.0917. The highest BCUT2D eigenvalue weighted by molar-refractivity contribution is 5.23. The molecule has 1 aromatic carbocycles. The number of nitrogens with two attached hydrogens (primary N) is 1. The fourth-order valence-electron chi connectivity index (χ4n) is 2.86. The Hall–Kier alpha value is -0.860. The molecule has 0 aromatic heterocycles. The smallest absolute Gasteiger partial charge is 0.0728 e. The van der Waals surface area contributed by atoms with Gasteiger partial charge in [0.05, 0.1) is 5.60 Å². The van der Waals surface area contributed by atoms with E-state index in [1.54, 1.807) is 0 Å². The lowest BCUT2D eigenvalue weighted by molar-refractivity contribution is -0.0194. The summed E-state index contributed by atoms with van der Waals surface area (Å²) in [6, 6.07) is 10.2. The van der Waals surface area contributed by atoms with Crippen LogP contribution in [0.4, 0.5) is 0 Å². The van der Waals surface area contributed by atoms with Gasteiger partial charge in [-0.05, 0) is 18.4 Å². The summed E-state index contributed by atoms with van der Waals surface area (Å²) in [6.45, 7) is 0.528. The van der Waals surface area contributed by atoms with Crippen LogP contribution in [0.3, 0.4) is 0 Å². The molecule has 0 spiro atoms. The maximum Gasteiger partial charge on any atom is 0.0728 e. The lowest BCUT2D eigenvalue weighted by Crippen LogP contribution is -2.41. The van der Waals surface area contributed by atoms with E-state index in [4.69, 9.17) is 5.73 Å². The Morgan fingerprint density at radius 3 is 2.31 bits per heavy atom. The van der Waals surface area contributed by atoms with Crippen LogP contribution in [0.2, 0.25) is 0 Å². The van der Waals surface area contributed by atoms with E-state index in [1.807, 2.05) is 18.2 Å². The molecule has 0 aliphatic heterocycles. The Morgan fingerprint density at radius 1 is 1.12 bits per heavy atom. The minimum atomic E-state index is -0.575. The summed E-state index contributed by atoms with van der Waals surface area (Å²) in [6.07, 6.45) is 5.28. The van der Waals surface area contributed by atoms with Crippen molar-refractivity contribution in [1.82, 2.24) is 0 Å². The van der Waals surface area contributed by atoms with E-state index < -0.39 is 5.60 Å². The molecule has 1 aliphatic rings. The van der Waals surface area contributed by atoms with Crippen LogP contribution in [0.5, 0.6) is 0 Å². The quantitative estimate of drug-likeness (QED) is 0.820. The van der Waals surface area contributed by atoms with Crippen LogP contribution in [-0.4, -0.2) is 17.3 Å². The van der Waals surface area contributed by atoms with Gasteiger partial charge in [-0.15, -0.1) is 0 Å². The molecule has 1 saturated carbocycles. The lowest BCUT2D eigenvalue weighted by atomic mass is 9.73. The largest absolute Gasteiger partial charge is 0.389 e. The number of benzene rings is 1. The number of hydrogen-bond acceptors (Lipinski definition) is 2. The van der Waals surface area contributed by atoms with E-state index in [0.29, 0.717) is 6.54 Å². The topological polar surface area (TPSA) is 46.2 Å². The molecule has 0 radical (unpaired) electrons. The maximum absolute atomic E-state index is 10.7. The van der Waals surface area contributed by atoms with Gasteiger partial charge in [0.2, 0.25) is 0 Å². The van der Waals surface area contributed by atoms with E-state index in [9.17, 15) is 5.11 Å². The van der Waals surface area contributed by atoms with Crippen LogP contribution in [-0.2, 0) is 0 Å². The summed E-state index contributed by atoms with van der Waals surface area (Å²) in [5, 5.41) is 10.7. The minimum Gasteiger partial charge on any atom is -0.389 e. The second-order valence-electron chi connectivity index (χ2n) is 4.86. The first-order valence-electron chi connectivity index (χ1n) is 6.24. The average molecular weight is 219 g/mol. The summed E-state index contributed by atoms with van der Waals surface area (Å²) in [5.41, 5.74) is 6.46. The molecular weight excluding hydrogens is 198 g/mol. The van der Waals surface area contributed by atoms with Gasteiger partial charge >= 0.3 is 0 Å². The summed E-state index contributed by atoms with van der Waals surface area (Å²) < 4.78 is 0. The van der Waals surface area contributed by atoms with Gasteiger partial charge in [0.25, 0.3) is 0 Å². The Bertz CT molecular complexity index is 317. The summed E-state index contributed by atoms with van der Waals surface area (Å²) >= 11 is 0. The van der Waals surface area contributed by atoms with Crippen molar-refractivity contribution in [1.29, 1.82) is 0 Å². The van der Waals surface area contributed by atoms with Crippen molar-refractivity contribution in [3.05, 3.63) is 35.9 Å². The van der Waals surface area contributed by atoms with Crippen LogP contribution in [0.1, 0.15) is 43.6 Å². The number of rotatable bonds is 3. The van der Waals surface area contributed by atoms with Crippen molar-refractivity contribution < 1.29 is 5.11 Å². The van der Waals surface area contributed by atoms with E-state index >= 15 is 0 Å². The Kier molecular flexibility index (Phi) is 3.62. The molecule has 2 heteroatoms. The molecule has 2 rings (SSSR count). The molecule has 3 N–H and O–H groups in total. The molecule has 0 bridgehead atoms. The predicted octanol–water partition coefficient (Wildman–Crippen LogP) is 2.42. The van der Waals surface area contributed by atoms with Gasteiger partial charge in [-0.1, -0.05) is 49.6 Å². The van der Waals surface area contributed by atoms with E-state index in [0.717, 1.165) is 25.7 Å². The van der Waals surface area contributed by atoms with E-state index in [-0.39, 0.29) is 5.92 Å².